The first-order valence-corrected chi connectivity index (χ1v) is 10.9. The van der Waals surface area contributed by atoms with E-state index in [0.717, 1.165) is 0 Å². The van der Waals surface area contributed by atoms with Gasteiger partial charge in [-0.2, -0.15) is 0 Å². The number of benzene rings is 2. The van der Waals surface area contributed by atoms with E-state index in [1.165, 1.54) is 12.3 Å². The smallest absolute Gasteiger partial charge is 0.0620 e. The predicted molar refractivity (Wildman–Crippen MR) is 90.4 cm³/mol. The normalized spacial score (nSPS) is 10.5. The maximum absolute atomic E-state index is 2.42. The molecule has 0 amide bonds. The van der Waals surface area contributed by atoms with Crippen molar-refractivity contribution in [3.8, 4) is 0 Å². The summed E-state index contributed by atoms with van der Waals surface area (Å²) in [5.74, 6) is 0. The summed E-state index contributed by atoms with van der Waals surface area (Å²) in [5.41, 5.74) is 0. The van der Waals surface area contributed by atoms with Crippen molar-refractivity contribution in [3.63, 3.8) is 0 Å². The van der Waals surface area contributed by atoms with Crippen LogP contribution in [0.15, 0.2) is 60.7 Å². The Morgan fingerprint density at radius 1 is 0.684 bits per heavy atom. The van der Waals surface area contributed by atoms with Crippen LogP contribution in [0.25, 0.3) is 0 Å². The summed E-state index contributed by atoms with van der Waals surface area (Å²) in [6.07, 6.45) is 2.79. The van der Waals surface area contributed by atoms with Gasteiger partial charge < -0.3 is 0 Å². The zero-order valence-electron chi connectivity index (χ0n) is 11.5. The average Bonchev–Trinajstić information content (AvgIpc) is 2.41. The molecule has 0 heterocycles. The fraction of sp³-hybridized carbons (Fsp3) is 0.250. The monoisotopic (exact) mass is 334 g/mol. The van der Waals surface area contributed by atoms with Gasteiger partial charge in [0.15, 0.2) is 0 Å². The molecular formula is C16H22NiP2+2. The molecule has 0 atom stereocenters. The van der Waals surface area contributed by atoms with Crippen molar-refractivity contribution in [1.29, 1.82) is 0 Å². The fourth-order valence-corrected chi connectivity index (χ4v) is 7.21. The van der Waals surface area contributed by atoms with E-state index in [-0.39, 0.29) is 24.4 Å². The maximum atomic E-state index is 2.42. The SMILES string of the molecule is C[PH+](C)CC[PH+](c1ccccc1)c1ccccc1.[Ni]. The summed E-state index contributed by atoms with van der Waals surface area (Å²) in [6.45, 7) is 4.83. The largest absolute Gasteiger partial charge is 0.0999 e. The van der Waals surface area contributed by atoms with Gasteiger partial charge in [-0.15, -0.1) is 0 Å². The van der Waals surface area contributed by atoms with E-state index < -0.39 is 7.92 Å². The first kappa shape index (κ1) is 16.8. The molecule has 0 spiro atoms. The molecule has 2 aromatic carbocycles. The van der Waals surface area contributed by atoms with Crippen LogP contribution < -0.4 is 10.6 Å². The topological polar surface area (TPSA) is 0 Å². The Kier molecular flexibility index (Phi) is 7.86. The molecule has 0 saturated carbocycles. The van der Waals surface area contributed by atoms with Crippen LogP contribution in [0.1, 0.15) is 0 Å². The minimum atomic E-state index is -0.569. The van der Waals surface area contributed by atoms with Gasteiger partial charge in [-0.1, -0.05) is 36.4 Å². The van der Waals surface area contributed by atoms with Crippen molar-refractivity contribution >= 4 is 26.5 Å². The van der Waals surface area contributed by atoms with Crippen LogP contribution >= 0.6 is 15.8 Å². The third-order valence-electron chi connectivity index (χ3n) is 3.12. The van der Waals surface area contributed by atoms with Gasteiger partial charge in [0.2, 0.25) is 0 Å². The zero-order chi connectivity index (χ0) is 12.8. The molecule has 0 aliphatic rings. The van der Waals surface area contributed by atoms with Crippen LogP contribution in [-0.4, -0.2) is 25.7 Å². The van der Waals surface area contributed by atoms with Gasteiger partial charge in [-0.3, -0.25) is 0 Å². The molecule has 0 N–H and O–H groups in total. The standard InChI is InChI=1S/C16H20P2.Ni/c1-17(2)13-14-18(15-9-5-3-6-10-15)16-11-7-4-8-12-16;/h3-12H,13-14H2,1-2H3;/p+2. The van der Waals surface area contributed by atoms with Gasteiger partial charge in [0.25, 0.3) is 0 Å². The van der Waals surface area contributed by atoms with E-state index in [2.05, 4.69) is 74.0 Å². The van der Waals surface area contributed by atoms with Gasteiger partial charge in [-0.05, 0) is 32.2 Å². The minimum Gasteiger partial charge on any atom is -0.0620 e. The van der Waals surface area contributed by atoms with Crippen molar-refractivity contribution in [3.05, 3.63) is 60.7 Å². The van der Waals surface area contributed by atoms with E-state index in [9.17, 15) is 0 Å². The van der Waals surface area contributed by atoms with Crippen molar-refractivity contribution in [1.82, 2.24) is 0 Å². The molecule has 104 valence electrons. The molecule has 0 fully saturated rings. The summed E-state index contributed by atoms with van der Waals surface area (Å²) in [5, 5.41) is 3.11. The summed E-state index contributed by atoms with van der Waals surface area (Å²) >= 11 is 0. The van der Waals surface area contributed by atoms with Crippen LogP contribution in [0, 0.1) is 0 Å². The molecule has 0 saturated heterocycles. The van der Waals surface area contributed by atoms with Crippen molar-refractivity contribution in [2.24, 2.45) is 0 Å². The summed E-state index contributed by atoms with van der Waals surface area (Å²) < 4.78 is 0. The van der Waals surface area contributed by atoms with E-state index in [1.54, 1.807) is 10.6 Å². The Hall–Kier alpha value is -0.206. The van der Waals surface area contributed by atoms with Gasteiger partial charge in [0.1, 0.15) is 0 Å². The first-order valence-electron chi connectivity index (χ1n) is 6.53. The predicted octanol–water partition coefficient (Wildman–Crippen LogP) is 3.32. The molecule has 19 heavy (non-hydrogen) atoms. The van der Waals surface area contributed by atoms with Gasteiger partial charge in [0, 0.05) is 29.8 Å². The van der Waals surface area contributed by atoms with Gasteiger partial charge in [0.05, 0.1) is 30.9 Å². The molecule has 0 aliphatic heterocycles. The van der Waals surface area contributed by atoms with E-state index >= 15 is 0 Å². The van der Waals surface area contributed by atoms with E-state index in [4.69, 9.17) is 0 Å². The molecule has 0 radical (unpaired) electrons. The quantitative estimate of drug-likeness (QED) is 0.581. The Morgan fingerprint density at radius 2 is 1.11 bits per heavy atom. The first-order chi connectivity index (χ1) is 8.77. The van der Waals surface area contributed by atoms with Gasteiger partial charge >= 0.3 is 0 Å². The molecule has 2 rings (SSSR count). The second kappa shape index (κ2) is 8.86. The second-order valence-corrected chi connectivity index (χ2v) is 10.4. The third kappa shape index (κ3) is 5.35. The van der Waals surface area contributed by atoms with Crippen LogP contribution in [0.5, 0.6) is 0 Å². The molecule has 2 aromatic rings. The number of hydrogen-bond donors (Lipinski definition) is 0. The van der Waals surface area contributed by atoms with Crippen molar-refractivity contribution < 1.29 is 16.5 Å². The second-order valence-electron chi connectivity index (χ2n) is 4.92. The molecule has 0 aromatic heterocycles. The van der Waals surface area contributed by atoms with Crippen LogP contribution in [0.2, 0.25) is 0 Å². The fourth-order valence-electron chi connectivity index (χ4n) is 2.11. The third-order valence-corrected chi connectivity index (χ3v) is 7.68. The van der Waals surface area contributed by atoms with E-state index in [1.807, 2.05) is 0 Å². The average molecular weight is 335 g/mol. The Bertz CT molecular complexity index is 417. The molecule has 3 heteroatoms. The molecule has 0 aliphatic carbocycles. The number of rotatable bonds is 5. The summed E-state index contributed by atoms with van der Waals surface area (Å²) in [4.78, 5) is 0. The summed E-state index contributed by atoms with van der Waals surface area (Å²) in [7, 11) is -0.688. The van der Waals surface area contributed by atoms with Crippen molar-refractivity contribution in [2.75, 3.05) is 25.7 Å². The Labute approximate surface area is 129 Å². The van der Waals surface area contributed by atoms with Crippen LogP contribution in [0.4, 0.5) is 0 Å². The molecular weight excluding hydrogens is 313 g/mol. The minimum absolute atomic E-state index is 0. The van der Waals surface area contributed by atoms with Crippen LogP contribution in [0.3, 0.4) is 0 Å². The van der Waals surface area contributed by atoms with Crippen molar-refractivity contribution in [2.45, 2.75) is 0 Å². The zero-order valence-corrected chi connectivity index (χ0v) is 14.5. The van der Waals surface area contributed by atoms with Crippen LogP contribution in [-0.2, 0) is 16.5 Å². The summed E-state index contributed by atoms with van der Waals surface area (Å²) in [6, 6.07) is 22.1. The maximum Gasteiger partial charge on any atom is 0.0999 e. The number of hydrogen-bond acceptors (Lipinski definition) is 0. The van der Waals surface area contributed by atoms with E-state index in [0.29, 0.717) is 0 Å². The molecule has 0 unspecified atom stereocenters. The Morgan fingerprint density at radius 3 is 1.47 bits per heavy atom. The Balaban J connectivity index is 0.00000180. The molecule has 0 nitrogen and oxygen atoms in total. The molecule has 0 bridgehead atoms. The van der Waals surface area contributed by atoms with Gasteiger partial charge in [-0.25, -0.2) is 0 Å².